The van der Waals surface area contributed by atoms with Gasteiger partial charge in [-0.25, -0.2) is 13.4 Å². The van der Waals surface area contributed by atoms with Gasteiger partial charge in [0.15, 0.2) is 16.5 Å². The third-order valence-electron chi connectivity index (χ3n) is 4.99. The lowest BCUT2D eigenvalue weighted by Gasteiger charge is -2.31. The predicted molar refractivity (Wildman–Crippen MR) is 99.4 cm³/mol. The number of H-pyrrole nitrogens is 1. The van der Waals surface area contributed by atoms with Gasteiger partial charge in [0.1, 0.15) is 12.7 Å². The lowest BCUT2D eigenvalue weighted by Crippen LogP contribution is -2.46. The van der Waals surface area contributed by atoms with Crippen molar-refractivity contribution in [1.82, 2.24) is 19.6 Å². The number of aromatic nitrogens is 2. The van der Waals surface area contributed by atoms with Crippen molar-refractivity contribution in [2.75, 3.05) is 26.2 Å². The van der Waals surface area contributed by atoms with Crippen LogP contribution in [0.5, 0.6) is 11.5 Å². The monoisotopic (exact) mass is 406 g/mol. The number of rotatable bonds is 5. The number of imidazole rings is 1. The van der Waals surface area contributed by atoms with E-state index >= 15 is 0 Å². The number of hydrogen-bond acceptors (Lipinski definition) is 6. The molecule has 4 rings (SSSR count). The molecular formula is C18H22N4O5S. The maximum atomic E-state index is 12.5. The first-order chi connectivity index (χ1) is 13.5. The summed E-state index contributed by atoms with van der Waals surface area (Å²) in [5, 5.41) is 2.98. The molecule has 1 aromatic heterocycles. The lowest BCUT2D eigenvalue weighted by atomic mass is 9.97. The van der Waals surface area contributed by atoms with Gasteiger partial charge in [-0.2, -0.15) is 4.31 Å². The Morgan fingerprint density at radius 3 is 2.71 bits per heavy atom. The van der Waals surface area contributed by atoms with Gasteiger partial charge >= 0.3 is 0 Å². The fourth-order valence-corrected chi connectivity index (χ4v) is 4.77. The van der Waals surface area contributed by atoms with Crippen molar-refractivity contribution in [2.24, 2.45) is 5.92 Å². The highest BCUT2D eigenvalue weighted by atomic mass is 32.2. The summed E-state index contributed by atoms with van der Waals surface area (Å²) in [5.74, 6) is 1.08. The van der Waals surface area contributed by atoms with Gasteiger partial charge in [-0.05, 0) is 25.0 Å². The number of benzene rings is 1. The number of fused-ring (bicyclic) bond motifs is 1. The number of aromatic amines is 1. The molecule has 1 atom stereocenters. The highest BCUT2D eigenvalue weighted by Gasteiger charge is 2.33. The topological polar surface area (TPSA) is 114 Å². The first-order valence-electron chi connectivity index (χ1n) is 9.19. The van der Waals surface area contributed by atoms with E-state index in [4.69, 9.17) is 9.47 Å². The van der Waals surface area contributed by atoms with Crippen LogP contribution in [0.2, 0.25) is 0 Å². The van der Waals surface area contributed by atoms with Crippen LogP contribution in [0.1, 0.15) is 12.8 Å². The summed E-state index contributed by atoms with van der Waals surface area (Å²) < 4.78 is 37.8. The smallest absolute Gasteiger partial charge is 0.260 e. The number of carbonyl (C=O) groups excluding carboxylic acids is 1. The van der Waals surface area contributed by atoms with Crippen molar-refractivity contribution >= 4 is 15.9 Å². The Balaban J connectivity index is 1.26. The van der Waals surface area contributed by atoms with Gasteiger partial charge in [0.05, 0.1) is 19.1 Å². The van der Waals surface area contributed by atoms with Crippen LogP contribution < -0.4 is 14.8 Å². The molecule has 28 heavy (non-hydrogen) atoms. The van der Waals surface area contributed by atoms with Crippen LogP contribution in [0.4, 0.5) is 0 Å². The van der Waals surface area contributed by atoms with Crippen LogP contribution in [0.15, 0.2) is 41.8 Å². The molecular weight excluding hydrogens is 384 g/mol. The summed E-state index contributed by atoms with van der Waals surface area (Å²) in [6.07, 6.45) is 3.33. The van der Waals surface area contributed by atoms with E-state index in [-0.39, 0.29) is 23.0 Å². The average molecular weight is 406 g/mol. The second-order valence-electron chi connectivity index (χ2n) is 6.84. The molecule has 0 aliphatic carbocycles. The van der Waals surface area contributed by atoms with E-state index in [0.29, 0.717) is 50.6 Å². The van der Waals surface area contributed by atoms with Crippen molar-refractivity contribution < 1.29 is 22.7 Å². The fraction of sp³-hybridized carbons (Fsp3) is 0.444. The minimum Gasteiger partial charge on any atom is -0.486 e. The summed E-state index contributed by atoms with van der Waals surface area (Å²) in [4.78, 5) is 18.9. The van der Waals surface area contributed by atoms with E-state index in [1.165, 1.54) is 16.8 Å². The van der Waals surface area contributed by atoms with Crippen LogP contribution in [0, 0.1) is 5.92 Å². The number of piperidine rings is 1. The number of nitrogens with one attached hydrogen (secondary N) is 2. The third kappa shape index (κ3) is 3.83. The van der Waals surface area contributed by atoms with Crippen molar-refractivity contribution in [3.05, 3.63) is 36.8 Å². The normalized spacial score (nSPS) is 20.6. The van der Waals surface area contributed by atoms with Gasteiger partial charge in [0.25, 0.3) is 10.0 Å². The zero-order valence-corrected chi connectivity index (χ0v) is 16.0. The largest absolute Gasteiger partial charge is 0.486 e. The highest BCUT2D eigenvalue weighted by molar-refractivity contribution is 7.89. The molecule has 1 aromatic carbocycles. The molecule has 0 bridgehead atoms. The summed E-state index contributed by atoms with van der Waals surface area (Å²) >= 11 is 0. The third-order valence-corrected chi connectivity index (χ3v) is 6.81. The average Bonchev–Trinajstić information content (AvgIpc) is 3.28. The molecule has 2 N–H and O–H groups in total. The Bertz CT molecular complexity index is 923. The van der Waals surface area contributed by atoms with Gasteiger partial charge in [-0.1, -0.05) is 12.1 Å². The standard InChI is InChI=1S/C18H22N4O5S/c23-18(20-9-14-11-26-15-3-1-2-4-16(15)27-14)13-5-7-22(8-6-13)28(24,25)17-10-19-12-21-17/h1-4,10,12-14H,5-9,11H2,(H,19,21)(H,20,23)/t14-/m0/s1. The Labute approximate surface area is 163 Å². The van der Waals surface area contributed by atoms with E-state index in [1.54, 1.807) is 0 Å². The van der Waals surface area contributed by atoms with Gasteiger partial charge in [0.2, 0.25) is 5.91 Å². The molecule has 10 heteroatoms. The van der Waals surface area contributed by atoms with Crippen molar-refractivity contribution in [3.63, 3.8) is 0 Å². The molecule has 0 saturated carbocycles. The van der Waals surface area contributed by atoms with Crippen molar-refractivity contribution in [3.8, 4) is 11.5 Å². The van der Waals surface area contributed by atoms with Gasteiger partial charge in [-0.15, -0.1) is 0 Å². The maximum Gasteiger partial charge on any atom is 0.260 e. The van der Waals surface area contributed by atoms with Crippen LogP contribution in [-0.4, -0.2) is 60.9 Å². The van der Waals surface area contributed by atoms with Gasteiger partial charge in [0, 0.05) is 19.0 Å². The molecule has 150 valence electrons. The molecule has 2 aliphatic heterocycles. The summed E-state index contributed by atoms with van der Waals surface area (Å²) in [7, 11) is -3.58. The van der Waals surface area contributed by atoms with E-state index in [9.17, 15) is 13.2 Å². The van der Waals surface area contributed by atoms with Crippen molar-refractivity contribution in [2.45, 2.75) is 24.0 Å². The molecule has 3 heterocycles. The predicted octanol–water partition coefficient (Wildman–Crippen LogP) is 0.767. The summed E-state index contributed by atoms with van der Waals surface area (Å²) in [5.41, 5.74) is 0. The zero-order valence-electron chi connectivity index (χ0n) is 15.2. The molecule has 0 radical (unpaired) electrons. The number of nitrogens with zero attached hydrogens (tertiary/aromatic N) is 2. The number of carbonyl (C=O) groups is 1. The SMILES string of the molecule is O=C(NC[C@H]1COc2ccccc2O1)C1CCN(S(=O)(=O)c2cnc[nH]2)CC1. The van der Waals surface area contributed by atoms with Gasteiger partial charge in [-0.3, -0.25) is 4.79 Å². The Hall–Kier alpha value is -2.59. The fourth-order valence-electron chi connectivity index (χ4n) is 3.40. The number of hydrogen-bond donors (Lipinski definition) is 2. The van der Waals surface area contributed by atoms with E-state index < -0.39 is 10.0 Å². The summed E-state index contributed by atoms with van der Waals surface area (Å²) in [6, 6.07) is 7.42. The van der Waals surface area contributed by atoms with Crippen LogP contribution in [0.25, 0.3) is 0 Å². The molecule has 1 saturated heterocycles. The Kier molecular flexibility index (Phi) is 5.23. The minimum absolute atomic E-state index is 0.0742. The highest BCUT2D eigenvalue weighted by Crippen LogP contribution is 2.30. The second kappa shape index (κ2) is 7.80. The Morgan fingerprint density at radius 1 is 1.25 bits per heavy atom. The molecule has 2 aliphatic rings. The van der Waals surface area contributed by atoms with E-state index in [2.05, 4.69) is 15.3 Å². The van der Waals surface area contributed by atoms with Crippen LogP contribution in [-0.2, 0) is 14.8 Å². The van der Waals surface area contributed by atoms with E-state index in [0.717, 1.165) is 0 Å². The number of amides is 1. The van der Waals surface area contributed by atoms with Crippen LogP contribution in [0.3, 0.4) is 0 Å². The molecule has 9 nitrogen and oxygen atoms in total. The van der Waals surface area contributed by atoms with Crippen LogP contribution >= 0.6 is 0 Å². The molecule has 1 amide bonds. The first-order valence-corrected chi connectivity index (χ1v) is 10.6. The lowest BCUT2D eigenvalue weighted by molar-refractivity contribution is -0.126. The Morgan fingerprint density at radius 2 is 2.00 bits per heavy atom. The number of sulfonamides is 1. The minimum atomic E-state index is -3.58. The quantitative estimate of drug-likeness (QED) is 0.758. The molecule has 0 unspecified atom stereocenters. The zero-order chi connectivity index (χ0) is 19.6. The number of para-hydroxylation sites is 2. The molecule has 0 spiro atoms. The number of ether oxygens (including phenoxy) is 2. The molecule has 1 fully saturated rings. The van der Waals surface area contributed by atoms with Gasteiger partial charge < -0.3 is 19.8 Å². The maximum absolute atomic E-state index is 12.5. The molecule has 2 aromatic rings. The second-order valence-corrected chi connectivity index (χ2v) is 8.74. The summed E-state index contributed by atoms with van der Waals surface area (Å²) in [6.45, 7) is 1.32. The van der Waals surface area contributed by atoms with E-state index in [1.807, 2.05) is 24.3 Å². The van der Waals surface area contributed by atoms with Crippen molar-refractivity contribution in [1.29, 1.82) is 0 Å². The first kappa shape index (κ1) is 18.8.